The first-order chi connectivity index (χ1) is 9.24. The molecule has 0 amide bonds. The van der Waals surface area contributed by atoms with Crippen molar-refractivity contribution in [3.8, 4) is 0 Å². The summed E-state index contributed by atoms with van der Waals surface area (Å²) in [5.74, 6) is 1.95. The van der Waals surface area contributed by atoms with Gasteiger partial charge in [-0.1, -0.05) is 19.0 Å². The van der Waals surface area contributed by atoms with Crippen molar-refractivity contribution in [2.75, 3.05) is 5.32 Å². The Bertz CT molecular complexity index is 671. The zero-order valence-electron chi connectivity index (χ0n) is 10.9. The lowest BCUT2D eigenvalue weighted by Crippen LogP contribution is -2.02. The molecular formula is C13H15N5O. The van der Waals surface area contributed by atoms with Gasteiger partial charge in [0.15, 0.2) is 11.6 Å². The molecular weight excluding hydrogens is 242 g/mol. The molecule has 1 N–H and O–H groups in total. The van der Waals surface area contributed by atoms with Crippen molar-refractivity contribution >= 4 is 11.3 Å². The van der Waals surface area contributed by atoms with Crippen LogP contribution in [-0.2, 0) is 6.54 Å². The van der Waals surface area contributed by atoms with E-state index < -0.39 is 0 Å². The zero-order valence-corrected chi connectivity index (χ0v) is 10.9. The maximum Gasteiger partial charge on any atom is 0.155 e. The van der Waals surface area contributed by atoms with Gasteiger partial charge in [0.05, 0.1) is 18.4 Å². The Labute approximate surface area is 110 Å². The normalized spacial score (nSPS) is 11.3. The first-order valence-electron chi connectivity index (χ1n) is 6.22. The van der Waals surface area contributed by atoms with Crippen LogP contribution in [-0.4, -0.2) is 19.8 Å². The fourth-order valence-corrected chi connectivity index (χ4v) is 1.86. The van der Waals surface area contributed by atoms with Crippen LogP contribution in [0.2, 0.25) is 0 Å². The SMILES string of the molecule is CC(C)c1cc2c(NCc3ccno3)nccn2n1. The predicted molar refractivity (Wildman–Crippen MR) is 70.9 cm³/mol. The highest BCUT2D eigenvalue weighted by Gasteiger charge is 2.09. The first kappa shape index (κ1) is 11.7. The number of anilines is 1. The van der Waals surface area contributed by atoms with E-state index in [0.29, 0.717) is 12.5 Å². The molecule has 98 valence electrons. The maximum atomic E-state index is 5.05. The highest BCUT2D eigenvalue weighted by molar-refractivity contribution is 5.67. The summed E-state index contributed by atoms with van der Waals surface area (Å²) < 4.78 is 6.89. The summed E-state index contributed by atoms with van der Waals surface area (Å²) in [4.78, 5) is 4.34. The summed E-state index contributed by atoms with van der Waals surface area (Å²) in [5, 5.41) is 11.4. The molecule has 3 rings (SSSR count). The Hall–Kier alpha value is -2.37. The van der Waals surface area contributed by atoms with Gasteiger partial charge in [-0.2, -0.15) is 5.10 Å². The van der Waals surface area contributed by atoms with Crippen molar-refractivity contribution in [2.45, 2.75) is 26.3 Å². The van der Waals surface area contributed by atoms with Crippen LogP contribution >= 0.6 is 0 Å². The molecule has 0 aliphatic heterocycles. The molecule has 3 aromatic rings. The van der Waals surface area contributed by atoms with Gasteiger partial charge >= 0.3 is 0 Å². The van der Waals surface area contributed by atoms with E-state index in [1.54, 1.807) is 12.4 Å². The first-order valence-corrected chi connectivity index (χ1v) is 6.22. The molecule has 0 aliphatic carbocycles. The second kappa shape index (κ2) is 4.72. The van der Waals surface area contributed by atoms with Crippen molar-refractivity contribution in [3.63, 3.8) is 0 Å². The van der Waals surface area contributed by atoms with Gasteiger partial charge in [0.2, 0.25) is 0 Å². The van der Waals surface area contributed by atoms with Crippen LogP contribution in [0.4, 0.5) is 5.82 Å². The second-order valence-electron chi connectivity index (χ2n) is 4.66. The Balaban J connectivity index is 1.90. The number of nitrogens with zero attached hydrogens (tertiary/aromatic N) is 4. The monoisotopic (exact) mass is 257 g/mol. The summed E-state index contributed by atoms with van der Waals surface area (Å²) in [6, 6.07) is 3.88. The third kappa shape index (κ3) is 2.29. The fraction of sp³-hybridized carbons (Fsp3) is 0.308. The average Bonchev–Trinajstić information content (AvgIpc) is 3.05. The molecule has 6 nitrogen and oxygen atoms in total. The smallest absolute Gasteiger partial charge is 0.155 e. The molecule has 0 saturated heterocycles. The minimum absolute atomic E-state index is 0.391. The van der Waals surface area contributed by atoms with Gasteiger partial charge in [-0.05, 0) is 12.0 Å². The van der Waals surface area contributed by atoms with Gasteiger partial charge in [-0.3, -0.25) is 0 Å². The second-order valence-corrected chi connectivity index (χ2v) is 4.66. The number of nitrogens with one attached hydrogen (secondary N) is 1. The molecule has 0 aliphatic rings. The van der Waals surface area contributed by atoms with Crippen LogP contribution in [0.5, 0.6) is 0 Å². The standard InChI is InChI=1S/C13H15N5O/c1-9(2)11-7-12-13(14-5-6-18(12)17-11)15-8-10-3-4-16-19-10/h3-7,9H,8H2,1-2H3,(H,14,15). The Morgan fingerprint density at radius 2 is 2.26 bits per heavy atom. The van der Waals surface area contributed by atoms with Crippen LogP contribution in [0.25, 0.3) is 5.52 Å². The van der Waals surface area contributed by atoms with E-state index in [1.165, 1.54) is 0 Å². The van der Waals surface area contributed by atoms with Crippen molar-refractivity contribution in [3.05, 3.63) is 42.2 Å². The van der Waals surface area contributed by atoms with Crippen molar-refractivity contribution < 1.29 is 4.52 Å². The number of aromatic nitrogens is 4. The van der Waals surface area contributed by atoms with E-state index in [2.05, 4.69) is 40.5 Å². The number of fused-ring (bicyclic) bond motifs is 1. The third-order valence-corrected chi connectivity index (χ3v) is 2.92. The van der Waals surface area contributed by atoms with E-state index in [0.717, 1.165) is 22.8 Å². The van der Waals surface area contributed by atoms with E-state index in [9.17, 15) is 0 Å². The maximum absolute atomic E-state index is 5.05. The lowest BCUT2D eigenvalue weighted by Gasteiger charge is -2.04. The van der Waals surface area contributed by atoms with Crippen LogP contribution < -0.4 is 5.32 Å². The number of hydrogen-bond acceptors (Lipinski definition) is 5. The summed E-state index contributed by atoms with van der Waals surface area (Å²) >= 11 is 0. The van der Waals surface area contributed by atoms with E-state index >= 15 is 0 Å². The van der Waals surface area contributed by atoms with Crippen LogP contribution in [0.1, 0.15) is 31.2 Å². The number of rotatable bonds is 4. The van der Waals surface area contributed by atoms with Crippen molar-refractivity contribution in [2.24, 2.45) is 0 Å². The van der Waals surface area contributed by atoms with E-state index in [4.69, 9.17) is 4.52 Å². The molecule has 0 aromatic carbocycles. The summed E-state index contributed by atoms with van der Waals surface area (Å²) in [5.41, 5.74) is 2.02. The minimum Gasteiger partial charge on any atom is -0.361 e. The fourth-order valence-electron chi connectivity index (χ4n) is 1.86. The molecule has 19 heavy (non-hydrogen) atoms. The van der Waals surface area contributed by atoms with Gasteiger partial charge in [0.25, 0.3) is 0 Å². The summed E-state index contributed by atoms with van der Waals surface area (Å²) in [7, 11) is 0. The summed E-state index contributed by atoms with van der Waals surface area (Å²) in [6.07, 6.45) is 5.20. The van der Waals surface area contributed by atoms with Crippen molar-refractivity contribution in [1.82, 2.24) is 19.8 Å². The molecule has 0 unspecified atom stereocenters. The molecule has 0 saturated carbocycles. The molecule has 0 fully saturated rings. The largest absolute Gasteiger partial charge is 0.361 e. The molecule has 0 radical (unpaired) electrons. The molecule has 3 aromatic heterocycles. The minimum atomic E-state index is 0.391. The van der Waals surface area contributed by atoms with Crippen LogP contribution in [0.3, 0.4) is 0 Å². The average molecular weight is 257 g/mol. The Morgan fingerprint density at radius 1 is 1.37 bits per heavy atom. The molecule has 0 spiro atoms. The quantitative estimate of drug-likeness (QED) is 0.777. The van der Waals surface area contributed by atoms with Crippen LogP contribution in [0, 0.1) is 0 Å². The Morgan fingerprint density at radius 3 is 3.00 bits per heavy atom. The van der Waals surface area contributed by atoms with Crippen molar-refractivity contribution in [1.29, 1.82) is 0 Å². The molecule has 3 heterocycles. The number of hydrogen-bond donors (Lipinski definition) is 1. The highest BCUT2D eigenvalue weighted by atomic mass is 16.5. The summed E-state index contributed by atoms with van der Waals surface area (Å²) in [6.45, 7) is 4.79. The lowest BCUT2D eigenvalue weighted by molar-refractivity contribution is 0.388. The van der Waals surface area contributed by atoms with Gasteiger partial charge < -0.3 is 9.84 Å². The molecule has 0 atom stereocenters. The topological polar surface area (TPSA) is 68.2 Å². The highest BCUT2D eigenvalue weighted by Crippen LogP contribution is 2.20. The lowest BCUT2D eigenvalue weighted by atomic mass is 10.1. The van der Waals surface area contributed by atoms with Crippen LogP contribution in [0.15, 0.2) is 35.2 Å². The van der Waals surface area contributed by atoms with E-state index in [-0.39, 0.29) is 0 Å². The predicted octanol–water partition coefficient (Wildman–Crippen LogP) is 2.45. The van der Waals surface area contributed by atoms with Gasteiger partial charge in [0, 0.05) is 18.5 Å². The molecule has 6 heteroatoms. The van der Waals surface area contributed by atoms with E-state index in [1.807, 2.05) is 16.8 Å². The van der Waals surface area contributed by atoms with Gasteiger partial charge in [-0.15, -0.1) is 0 Å². The molecule has 0 bridgehead atoms. The zero-order chi connectivity index (χ0) is 13.2. The third-order valence-electron chi connectivity index (χ3n) is 2.92. The van der Waals surface area contributed by atoms with Gasteiger partial charge in [-0.25, -0.2) is 9.50 Å². The van der Waals surface area contributed by atoms with Gasteiger partial charge in [0.1, 0.15) is 5.52 Å². The Kier molecular flexibility index (Phi) is 2.91.